The molecule has 2 atom stereocenters. The highest BCUT2D eigenvalue weighted by Gasteiger charge is 2.33. The monoisotopic (exact) mass is 431 g/mol. The number of hydrogen-bond acceptors (Lipinski definition) is 4. The summed E-state index contributed by atoms with van der Waals surface area (Å²) in [5.41, 5.74) is 0.00802. The van der Waals surface area contributed by atoms with E-state index in [0.29, 0.717) is 12.1 Å². The van der Waals surface area contributed by atoms with Crippen LogP contribution in [0.5, 0.6) is 0 Å². The Morgan fingerprint density at radius 3 is 2.35 bits per heavy atom. The van der Waals surface area contributed by atoms with E-state index in [4.69, 9.17) is 4.74 Å². The first-order valence-electron chi connectivity index (χ1n) is 10.8. The molecule has 1 aromatic carbocycles. The van der Waals surface area contributed by atoms with Gasteiger partial charge in [-0.05, 0) is 39.7 Å². The Kier molecular flexibility index (Phi) is 10.8. The van der Waals surface area contributed by atoms with E-state index in [-0.39, 0.29) is 12.5 Å². The largest absolute Gasteiger partial charge is 0.444 e. The van der Waals surface area contributed by atoms with Gasteiger partial charge in [0.2, 0.25) is 11.8 Å². The number of benzene rings is 1. The lowest BCUT2D eigenvalue weighted by molar-refractivity contribution is -0.141. The molecule has 0 heterocycles. The first kappa shape index (κ1) is 26.2. The smallest absolute Gasteiger partial charge is 0.408 e. The quantitative estimate of drug-likeness (QED) is 0.410. The molecule has 2 N–H and O–H groups in total. The molecule has 1 aromatic rings. The number of unbranched alkanes of at least 4 members (excludes halogenated alkanes) is 2. The van der Waals surface area contributed by atoms with Gasteiger partial charge >= 0.3 is 6.09 Å². The second kappa shape index (κ2) is 12.8. The molecule has 7 nitrogen and oxygen atoms in total. The van der Waals surface area contributed by atoms with Gasteiger partial charge in [-0.2, -0.15) is 0 Å². The van der Waals surface area contributed by atoms with Gasteiger partial charge in [-0.1, -0.05) is 56.2 Å². The van der Waals surface area contributed by atoms with E-state index in [1.807, 2.05) is 30.3 Å². The Bertz CT molecular complexity index is 728. The molecule has 0 saturated carbocycles. The van der Waals surface area contributed by atoms with Crippen LogP contribution in [0, 0.1) is 0 Å². The number of carbonyl (C=O) groups is 3. The van der Waals surface area contributed by atoms with Crippen LogP contribution in [-0.4, -0.2) is 47.5 Å². The molecule has 7 heteroatoms. The highest BCUT2D eigenvalue weighted by atomic mass is 16.6. The second-order valence-electron chi connectivity index (χ2n) is 8.46. The average molecular weight is 432 g/mol. The molecule has 2 unspecified atom stereocenters. The molecular weight excluding hydrogens is 394 g/mol. The summed E-state index contributed by atoms with van der Waals surface area (Å²) in [7, 11) is 0. The molecule has 172 valence electrons. The number of alkyl carbamates (subject to hydrolysis) is 1. The zero-order valence-electron chi connectivity index (χ0n) is 19.4. The fraction of sp³-hybridized carbons (Fsp3) is 0.542. The summed E-state index contributed by atoms with van der Waals surface area (Å²) < 4.78 is 5.25. The van der Waals surface area contributed by atoms with E-state index in [1.54, 1.807) is 33.8 Å². The van der Waals surface area contributed by atoms with E-state index >= 15 is 0 Å². The molecular formula is C24H37N3O4. The van der Waals surface area contributed by atoms with Crippen molar-refractivity contribution >= 4 is 17.9 Å². The van der Waals surface area contributed by atoms with Crippen LogP contribution < -0.4 is 10.6 Å². The molecule has 0 aliphatic carbocycles. The van der Waals surface area contributed by atoms with Crippen LogP contribution in [-0.2, 0) is 14.3 Å². The number of nitrogens with one attached hydrogen (secondary N) is 2. The normalized spacial score (nSPS) is 12.9. The number of ether oxygens (including phenoxy) is 1. The van der Waals surface area contributed by atoms with Gasteiger partial charge in [0, 0.05) is 13.1 Å². The van der Waals surface area contributed by atoms with E-state index in [2.05, 4.69) is 24.1 Å². The first-order valence-corrected chi connectivity index (χ1v) is 10.8. The third-order valence-electron chi connectivity index (χ3n) is 4.47. The summed E-state index contributed by atoms with van der Waals surface area (Å²) >= 11 is 0. The fourth-order valence-corrected chi connectivity index (χ4v) is 3.05. The maximum absolute atomic E-state index is 13.3. The summed E-state index contributed by atoms with van der Waals surface area (Å²) in [6, 6.07) is 7.41. The van der Waals surface area contributed by atoms with Crippen LogP contribution in [0.3, 0.4) is 0 Å². The molecule has 0 bridgehead atoms. The number of rotatable bonds is 11. The number of carbonyl (C=O) groups excluding carboxylic acids is 3. The van der Waals surface area contributed by atoms with Crippen LogP contribution in [0.2, 0.25) is 0 Å². The van der Waals surface area contributed by atoms with Crippen LogP contribution in [0.25, 0.3) is 0 Å². The Morgan fingerprint density at radius 1 is 1.16 bits per heavy atom. The van der Waals surface area contributed by atoms with E-state index in [0.717, 1.165) is 19.3 Å². The van der Waals surface area contributed by atoms with Gasteiger partial charge in [0.05, 0.1) is 0 Å². The minimum atomic E-state index is -0.881. The summed E-state index contributed by atoms with van der Waals surface area (Å²) in [5, 5.41) is 5.50. The van der Waals surface area contributed by atoms with E-state index < -0.39 is 29.7 Å². The Labute approximate surface area is 186 Å². The predicted octanol–water partition coefficient (Wildman–Crippen LogP) is 3.96. The highest BCUT2D eigenvalue weighted by Crippen LogP contribution is 2.22. The molecule has 0 fully saturated rings. The molecule has 0 saturated heterocycles. The number of hydrogen-bond donors (Lipinski definition) is 2. The van der Waals surface area contributed by atoms with E-state index in [1.165, 1.54) is 4.90 Å². The fourth-order valence-electron chi connectivity index (χ4n) is 3.05. The van der Waals surface area contributed by atoms with Gasteiger partial charge in [-0.25, -0.2) is 4.79 Å². The molecule has 0 spiro atoms. The van der Waals surface area contributed by atoms with Gasteiger partial charge in [-0.15, -0.1) is 6.58 Å². The molecule has 0 aliphatic rings. The molecule has 0 aliphatic heterocycles. The lowest BCUT2D eigenvalue weighted by atomic mass is 10.0. The number of amides is 3. The predicted molar refractivity (Wildman–Crippen MR) is 122 cm³/mol. The number of nitrogens with zero attached hydrogens (tertiary/aromatic N) is 1. The highest BCUT2D eigenvalue weighted by molar-refractivity contribution is 5.92. The lowest BCUT2D eigenvalue weighted by Gasteiger charge is -2.33. The second-order valence-corrected chi connectivity index (χ2v) is 8.46. The van der Waals surface area contributed by atoms with Crippen molar-refractivity contribution in [3.8, 4) is 0 Å². The van der Waals surface area contributed by atoms with Gasteiger partial charge in [0.1, 0.15) is 17.7 Å². The van der Waals surface area contributed by atoms with Crippen molar-refractivity contribution in [2.75, 3.05) is 13.1 Å². The maximum atomic E-state index is 13.3. The summed E-state index contributed by atoms with van der Waals surface area (Å²) in [4.78, 5) is 39.9. The van der Waals surface area contributed by atoms with Crippen LogP contribution >= 0.6 is 0 Å². The average Bonchev–Trinajstić information content (AvgIpc) is 2.69. The van der Waals surface area contributed by atoms with Crippen molar-refractivity contribution in [3.63, 3.8) is 0 Å². The summed E-state index contributed by atoms with van der Waals surface area (Å²) in [6.45, 7) is 13.3. The molecule has 31 heavy (non-hydrogen) atoms. The van der Waals surface area contributed by atoms with Crippen molar-refractivity contribution in [1.29, 1.82) is 0 Å². The Hall–Kier alpha value is -2.83. The maximum Gasteiger partial charge on any atom is 0.408 e. The standard InChI is InChI=1S/C24H37N3O4/c1-7-9-13-16-25-21(28)20(19-14-11-10-12-15-19)27(17-8-2)22(29)18(3)26-23(30)31-24(4,5)6/h8,10-12,14-15,18,20H,2,7,9,13,16-17H2,1,3-6H3,(H,25,28)(H,26,30). The van der Waals surface area contributed by atoms with Gasteiger partial charge in [0.25, 0.3) is 0 Å². The van der Waals surface area contributed by atoms with Crippen molar-refractivity contribution in [2.45, 2.75) is 71.6 Å². The van der Waals surface area contributed by atoms with Crippen LogP contribution in [0.1, 0.15) is 65.5 Å². The van der Waals surface area contributed by atoms with Gasteiger partial charge < -0.3 is 20.3 Å². The minimum Gasteiger partial charge on any atom is -0.444 e. The molecule has 1 rings (SSSR count). The van der Waals surface area contributed by atoms with Crippen molar-refractivity contribution in [3.05, 3.63) is 48.6 Å². The topological polar surface area (TPSA) is 87.7 Å². The lowest BCUT2D eigenvalue weighted by Crippen LogP contribution is -2.52. The molecule has 0 aromatic heterocycles. The van der Waals surface area contributed by atoms with Crippen molar-refractivity contribution in [2.24, 2.45) is 0 Å². The Balaban J connectivity index is 3.08. The minimum absolute atomic E-state index is 0.154. The van der Waals surface area contributed by atoms with Gasteiger partial charge in [-0.3, -0.25) is 9.59 Å². The van der Waals surface area contributed by atoms with Crippen LogP contribution in [0.15, 0.2) is 43.0 Å². The molecule has 3 amide bonds. The van der Waals surface area contributed by atoms with Crippen molar-refractivity contribution in [1.82, 2.24) is 15.5 Å². The summed E-state index contributed by atoms with van der Waals surface area (Å²) in [6.07, 6.45) is 3.82. The third-order valence-corrected chi connectivity index (χ3v) is 4.47. The van der Waals surface area contributed by atoms with E-state index in [9.17, 15) is 14.4 Å². The first-order chi connectivity index (χ1) is 14.6. The van der Waals surface area contributed by atoms with Crippen molar-refractivity contribution < 1.29 is 19.1 Å². The summed E-state index contributed by atoms with van der Waals surface area (Å²) in [5.74, 6) is -0.662. The molecule has 0 radical (unpaired) electrons. The zero-order chi connectivity index (χ0) is 23.4. The Morgan fingerprint density at radius 2 is 1.81 bits per heavy atom. The van der Waals surface area contributed by atoms with Crippen LogP contribution in [0.4, 0.5) is 4.79 Å². The zero-order valence-corrected chi connectivity index (χ0v) is 19.4. The SMILES string of the molecule is C=CCN(C(=O)C(C)NC(=O)OC(C)(C)C)C(C(=O)NCCCCC)c1ccccc1. The third kappa shape index (κ3) is 9.24. The van der Waals surface area contributed by atoms with Gasteiger partial charge in [0.15, 0.2) is 0 Å².